The molecule has 0 atom stereocenters. The van der Waals surface area contributed by atoms with Crippen LogP contribution in [0.1, 0.15) is 37.1 Å². The SMILES string of the molecule is Cc1cc(=O)n(CCCCCCn2c(=O)cc(C)n(CCSC(=S)N(C)C)c2=O)c(=O)n1CCSC(=S)N(C)C. The van der Waals surface area contributed by atoms with E-state index in [0.717, 1.165) is 21.5 Å². The van der Waals surface area contributed by atoms with E-state index < -0.39 is 0 Å². The van der Waals surface area contributed by atoms with Crippen LogP contribution in [0.4, 0.5) is 0 Å². The first kappa shape index (κ1) is 34.0. The fourth-order valence-electron chi connectivity index (χ4n) is 4.01. The smallest absolute Gasteiger partial charge is 0.331 e. The van der Waals surface area contributed by atoms with Crippen LogP contribution < -0.4 is 22.5 Å². The molecule has 0 aliphatic carbocycles. The molecule has 0 radical (unpaired) electrons. The molecule has 0 fully saturated rings. The summed E-state index contributed by atoms with van der Waals surface area (Å²) < 4.78 is 7.29. The Bertz CT molecular complexity index is 1320. The molecular formula is C26H40N6O4S4. The van der Waals surface area contributed by atoms with Gasteiger partial charge in [0.15, 0.2) is 0 Å². The van der Waals surface area contributed by atoms with Gasteiger partial charge in [-0.1, -0.05) is 60.8 Å². The largest absolute Gasteiger partial charge is 0.364 e. The van der Waals surface area contributed by atoms with E-state index in [4.69, 9.17) is 24.4 Å². The maximum Gasteiger partial charge on any atom is 0.331 e. The van der Waals surface area contributed by atoms with Crippen LogP contribution in [0.25, 0.3) is 0 Å². The zero-order valence-electron chi connectivity index (χ0n) is 24.2. The second kappa shape index (κ2) is 16.3. The van der Waals surface area contributed by atoms with Gasteiger partial charge in [0.1, 0.15) is 8.64 Å². The van der Waals surface area contributed by atoms with Crippen molar-refractivity contribution in [2.45, 2.75) is 65.7 Å². The Morgan fingerprint density at radius 3 is 1.30 bits per heavy atom. The van der Waals surface area contributed by atoms with Crippen LogP contribution >= 0.6 is 48.0 Å². The van der Waals surface area contributed by atoms with E-state index in [9.17, 15) is 19.2 Å². The van der Waals surface area contributed by atoms with E-state index in [-0.39, 0.29) is 22.5 Å². The van der Waals surface area contributed by atoms with Gasteiger partial charge in [-0.15, -0.1) is 0 Å². The molecule has 0 saturated heterocycles. The molecule has 2 aromatic heterocycles. The lowest BCUT2D eigenvalue weighted by Crippen LogP contribution is -2.41. The summed E-state index contributed by atoms with van der Waals surface area (Å²) in [6.45, 7) is 5.11. The second-order valence-electron chi connectivity index (χ2n) is 9.85. The topological polar surface area (TPSA) is 94.5 Å². The summed E-state index contributed by atoms with van der Waals surface area (Å²) in [5, 5.41) is 0. The van der Waals surface area contributed by atoms with E-state index in [1.165, 1.54) is 44.8 Å². The Kier molecular flexibility index (Phi) is 13.9. The summed E-state index contributed by atoms with van der Waals surface area (Å²) in [5.74, 6) is 1.27. The Morgan fingerprint density at radius 1 is 0.625 bits per heavy atom. The number of rotatable bonds is 13. The van der Waals surface area contributed by atoms with Crippen molar-refractivity contribution in [1.29, 1.82) is 0 Å². The van der Waals surface area contributed by atoms with Gasteiger partial charge in [0.2, 0.25) is 0 Å². The minimum absolute atomic E-state index is 0.300. The van der Waals surface area contributed by atoms with Crippen LogP contribution in [0, 0.1) is 13.8 Å². The van der Waals surface area contributed by atoms with Gasteiger partial charge in [-0.2, -0.15) is 0 Å². The number of nitrogens with zero attached hydrogens (tertiary/aromatic N) is 6. The summed E-state index contributed by atoms with van der Waals surface area (Å²) in [7, 11) is 7.52. The Balaban J connectivity index is 1.92. The molecule has 2 rings (SSSR count). The molecule has 0 unspecified atom stereocenters. The third-order valence-corrected chi connectivity index (χ3v) is 9.73. The van der Waals surface area contributed by atoms with Crippen molar-refractivity contribution in [3.05, 3.63) is 65.2 Å². The molecule has 0 aromatic carbocycles. The summed E-state index contributed by atoms with van der Waals surface area (Å²) in [5.41, 5.74) is 0.0554. The highest BCUT2D eigenvalue weighted by Gasteiger charge is 2.12. The molecule has 0 aliphatic heterocycles. The highest BCUT2D eigenvalue weighted by molar-refractivity contribution is 8.23. The lowest BCUT2D eigenvalue weighted by Gasteiger charge is -2.15. The van der Waals surface area contributed by atoms with Gasteiger partial charge in [0.05, 0.1) is 0 Å². The molecule has 0 N–H and O–H groups in total. The van der Waals surface area contributed by atoms with Crippen molar-refractivity contribution in [1.82, 2.24) is 28.1 Å². The summed E-state index contributed by atoms with van der Waals surface area (Å²) in [6, 6.07) is 3.00. The van der Waals surface area contributed by atoms with E-state index in [1.54, 1.807) is 23.0 Å². The van der Waals surface area contributed by atoms with Crippen molar-refractivity contribution >= 4 is 56.6 Å². The minimum atomic E-state index is -0.308. The van der Waals surface area contributed by atoms with E-state index >= 15 is 0 Å². The summed E-state index contributed by atoms with van der Waals surface area (Å²) in [4.78, 5) is 54.7. The number of hydrogen-bond donors (Lipinski definition) is 0. The van der Waals surface area contributed by atoms with Gasteiger partial charge in [-0.05, 0) is 26.7 Å². The lowest BCUT2D eigenvalue weighted by molar-refractivity contribution is 0.486. The lowest BCUT2D eigenvalue weighted by atomic mass is 10.2. The van der Waals surface area contributed by atoms with Crippen LogP contribution in [0.2, 0.25) is 0 Å². The first-order chi connectivity index (χ1) is 18.8. The quantitative estimate of drug-likeness (QED) is 0.243. The minimum Gasteiger partial charge on any atom is -0.364 e. The first-order valence-electron chi connectivity index (χ1n) is 13.2. The Labute approximate surface area is 254 Å². The molecule has 0 saturated carbocycles. The molecule has 0 amide bonds. The molecule has 0 bridgehead atoms. The van der Waals surface area contributed by atoms with Gasteiger partial charge < -0.3 is 9.80 Å². The molecule has 2 aromatic rings. The molecule has 222 valence electrons. The van der Waals surface area contributed by atoms with E-state index in [1.807, 2.05) is 38.0 Å². The number of aryl methyl sites for hydroxylation is 2. The van der Waals surface area contributed by atoms with Crippen molar-refractivity contribution in [2.75, 3.05) is 39.7 Å². The summed E-state index contributed by atoms with van der Waals surface area (Å²) in [6.07, 6.45) is 2.82. The van der Waals surface area contributed by atoms with Crippen LogP contribution in [-0.4, -0.2) is 76.4 Å². The molecule has 10 nitrogen and oxygen atoms in total. The number of thiocarbonyl (C=S) groups is 2. The number of hydrogen-bond acceptors (Lipinski definition) is 8. The normalized spacial score (nSPS) is 11.1. The predicted octanol–water partition coefficient (Wildman–Crippen LogP) is 2.37. The van der Waals surface area contributed by atoms with Crippen LogP contribution in [0.15, 0.2) is 31.3 Å². The van der Waals surface area contributed by atoms with Crippen molar-refractivity contribution in [3.8, 4) is 0 Å². The van der Waals surface area contributed by atoms with Gasteiger partial charge in [-0.25, -0.2) is 9.59 Å². The standard InChI is InChI=1S/C26H40N6O4S4/c1-19-17-21(33)31(23(35)29(19)13-15-39-25(37)27(3)4)11-9-7-8-10-12-32-22(34)18-20(2)30(24(32)36)14-16-40-26(38)28(5)6/h17-18H,7-16H2,1-6H3. The summed E-state index contributed by atoms with van der Waals surface area (Å²) >= 11 is 13.6. The van der Waals surface area contributed by atoms with E-state index in [2.05, 4.69) is 0 Å². The highest BCUT2D eigenvalue weighted by atomic mass is 32.2. The third-order valence-electron chi connectivity index (χ3n) is 6.30. The Morgan fingerprint density at radius 2 is 0.975 bits per heavy atom. The molecule has 14 heteroatoms. The number of unbranched alkanes of at least 4 members (excludes halogenated alkanes) is 3. The average Bonchev–Trinajstić information content (AvgIpc) is 2.87. The maximum atomic E-state index is 13.0. The van der Waals surface area contributed by atoms with Crippen LogP contribution in [-0.2, 0) is 26.2 Å². The average molecular weight is 629 g/mol. The van der Waals surface area contributed by atoms with Gasteiger partial charge >= 0.3 is 11.4 Å². The maximum absolute atomic E-state index is 13.0. The fourth-order valence-corrected chi connectivity index (χ4v) is 5.92. The predicted molar refractivity (Wildman–Crippen MR) is 175 cm³/mol. The highest BCUT2D eigenvalue weighted by Crippen LogP contribution is 2.09. The monoisotopic (exact) mass is 628 g/mol. The Hall–Kier alpha value is -2.16. The third kappa shape index (κ3) is 9.74. The van der Waals surface area contributed by atoms with Gasteiger partial charge in [-0.3, -0.25) is 27.9 Å². The van der Waals surface area contributed by atoms with Gasteiger partial charge in [0.25, 0.3) is 11.1 Å². The number of thioether (sulfide) groups is 2. The van der Waals surface area contributed by atoms with E-state index in [0.29, 0.717) is 61.9 Å². The number of aromatic nitrogens is 4. The molecule has 0 aliphatic rings. The van der Waals surface area contributed by atoms with Gasteiger partial charge in [0, 0.05) is 89.4 Å². The zero-order valence-corrected chi connectivity index (χ0v) is 27.4. The van der Waals surface area contributed by atoms with Crippen molar-refractivity contribution in [3.63, 3.8) is 0 Å². The van der Waals surface area contributed by atoms with Crippen LogP contribution in [0.3, 0.4) is 0 Å². The fraction of sp³-hybridized carbons (Fsp3) is 0.615. The molecule has 2 heterocycles. The first-order valence-corrected chi connectivity index (χ1v) is 15.9. The van der Waals surface area contributed by atoms with Crippen LogP contribution in [0.5, 0.6) is 0 Å². The molecule has 40 heavy (non-hydrogen) atoms. The zero-order chi connectivity index (χ0) is 30.0. The molecular weight excluding hydrogens is 589 g/mol. The second-order valence-corrected chi connectivity index (χ2v) is 13.3. The molecule has 0 spiro atoms. The van der Waals surface area contributed by atoms with Crippen molar-refractivity contribution < 1.29 is 0 Å². The van der Waals surface area contributed by atoms with Crippen molar-refractivity contribution in [2.24, 2.45) is 0 Å².